The van der Waals surface area contributed by atoms with Gasteiger partial charge in [0.1, 0.15) is 12.3 Å². The topological polar surface area (TPSA) is 169 Å². The minimum absolute atomic E-state index is 0.0138. The summed E-state index contributed by atoms with van der Waals surface area (Å²) in [7, 11) is 0. The van der Waals surface area contributed by atoms with E-state index in [1.54, 1.807) is 0 Å². The lowest BCUT2D eigenvalue weighted by Gasteiger charge is -2.02. The second kappa shape index (κ2) is 11.1. The maximum absolute atomic E-state index is 10.7. The summed E-state index contributed by atoms with van der Waals surface area (Å²) in [5.41, 5.74) is 4.93. The van der Waals surface area contributed by atoms with E-state index in [-0.39, 0.29) is 31.9 Å². The van der Waals surface area contributed by atoms with E-state index in [0.717, 1.165) is 6.92 Å². The number of hydrogen-bond donors (Lipinski definition) is 2. The number of ether oxygens (including phenoxy) is 1. The number of aliphatic carboxylic acids is 1. The fourth-order valence-electron chi connectivity index (χ4n) is 0.591. The average Bonchev–Trinajstić information content (AvgIpc) is 2.14. The van der Waals surface area contributed by atoms with Crippen LogP contribution in [0, 0.1) is 15.5 Å². The van der Waals surface area contributed by atoms with Crippen molar-refractivity contribution in [1.29, 1.82) is 5.41 Å². The zero-order valence-electron chi connectivity index (χ0n) is 9.71. The van der Waals surface area contributed by atoms with Crippen LogP contribution >= 0.6 is 0 Å². The van der Waals surface area contributed by atoms with Gasteiger partial charge in [0.25, 0.3) is 5.09 Å². The molecule has 0 aromatic carbocycles. The Balaban J connectivity index is 0. The Morgan fingerprint density at radius 2 is 1.89 bits per heavy atom. The Kier molecular flexibility index (Phi) is 11.1. The lowest BCUT2D eigenvalue weighted by Crippen LogP contribution is -2.18. The van der Waals surface area contributed by atoms with Crippen molar-refractivity contribution in [3.8, 4) is 0 Å². The highest BCUT2D eigenvalue weighted by Crippen LogP contribution is 1.89. The molecule has 0 heterocycles. The number of carboxylic acid groups (broad SMARTS) is 1. The third kappa shape index (κ3) is 23.4. The largest absolute Gasteiger partial charge is 0.550 e. The molecule has 0 aromatic rings. The van der Waals surface area contributed by atoms with Crippen LogP contribution in [0.2, 0.25) is 0 Å². The van der Waals surface area contributed by atoms with Crippen LogP contribution in [0.25, 0.3) is 0 Å². The van der Waals surface area contributed by atoms with Crippen molar-refractivity contribution in [2.24, 2.45) is 5.73 Å². The van der Waals surface area contributed by atoms with Gasteiger partial charge in [-0.2, -0.15) is 0 Å². The van der Waals surface area contributed by atoms with E-state index in [1.165, 1.54) is 0 Å². The summed E-state index contributed by atoms with van der Waals surface area (Å²) >= 11 is 0. The first kappa shape index (κ1) is 18.0. The fraction of sp³-hybridized carbons (Fsp3) is 0.625. The molecular weight excluding hydrogens is 250 g/mol. The predicted molar refractivity (Wildman–Crippen MR) is 55.7 cm³/mol. The molecule has 10 nitrogen and oxygen atoms in total. The summed E-state index contributed by atoms with van der Waals surface area (Å²) in [6, 6.07) is 0. The number of carbonyl (C=O) groups excluding carboxylic acids is 2. The first-order valence-corrected chi connectivity index (χ1v) is 4.69. The predicted octanol–water partition coefficient (Wildman–Crippen LogP) is -1.79. The zero-order valence-corrected chi connectivity index (χ0v) is 9.71. The second-order valence-corrected chi connectivity index (χ2v) is 2.82. The molecule has 0 radical (unpaired) electrons. The highest BCUT2D eigenvalue weighted by Gasteiger charge is 2.04. The molecule has 0 saturated carbocycles. The van der Waals surface area contributed by atoms with Crippen LogP contribution in [0.1, 0.15) is 19.8 Å². The van der Waals surface area contributed by atoms with Gasteiger partial charge >= 0.3 is 5.97 Å². The van der Waals surface area contributed by atoms with Gasteiger partial charge in [0.2, 0.25) is 0 Å². The molecule has 0 bridgehead atoms. The van der Waals surface area contributed by atoms with Gasteiger partial charge in [-0.25, -0.2) is 0 Å². The highest BCUT2D eigenvalue weighted by atomic mass is 16.9. The zero-order chi connectivity index (χ0) is 14.6. The number of amidine groups is 1. The van der Waals surface area contributed by atoms with E-state index >= 15 is 0 Å². The molecule has 0 saturated heterocycles. The summed E-state index contributed by atoms with van der Waals surface area (Å²) in [5, 5.41) is 24.4. The molecule has 0 aliphatic rings. The molecule has 104 valence electrons. The molecule has 10 heteroatoms. The smallest absolute Gasteiger partial charge is 0.313 e. The van der Waals surface area contributed by atoms with Crippen molar-refractivity contribution in [3.05, 3.63) is 10.1 Å². The van der Waals surface area contributed by atoms with Crippen LogP contribution in [0.15, 0.2) is 0 Å². The summed E-state index contributed by atoms with van der Waals surface area (Å²) < 4.78 is 4.57. The van der Waals surface area contributed by atoms with Crippen molar-refractivity contribution in [3.63, 3.8) is 0 Å². The molecule has 18 heavy (non-hydrogen) atoms. The SMILES string of the molecule is CC(=O)[O-].N=C(N)CC(=O)OCCCO[N+](=O)[O-]. The van der Waals surface area contributed by atoms with Gasteiger partial charge in [0.05, 0.1) is 13.2 Å². The van der Waals surface area contributed by atoms with Crippen LogP contribution in [0.5, 0.6) is 0 Å². The van der Waals surface area contributed by atoms with Gasteiger partial charge in [-0.1, -0.05) is 0 Å². The van der Waals surface area contributed by atoms with Gasteiger partial charge in [-0.15, -0.1) is 10.1 Å². The van der Waals surface area contributed by atoms with Crippen molar-refractivity contribution in [2.75, 3.05) is 13.2 Å². The Hall–Kier alpha value is -2.39. The number of hydrogen-bond acceptors (Lipinski definition) is 8. The molecule has 0 aliphatic carbocycles. The number of nitrogens with two attached hydrogens (primary N) is 1. The number of carbonyl (C=O) groups is 2. The molecule has 0 unspecified atom stereocenters. The Morgan fingerprint density at radius 3 is 2.28 bits per heavy atom. The van der Waals surface area contributed by atoms with E-state index < -0.39 is 17.0 Å². The first-order chi connectivity index (χ1) is 8.25. The number of esters is 1. The number of nitrogens with one attached hydrogen (secondary N) is 1. The number of carboxylic acids is 1. The third-order valence-corrected chi connectivity index (χ3v) is 1.08. The molecule has 0 fully saturated rings. The minimum atomic E-state index is -1.08. The van der Waals surface area contributed by atoms with E-state index in [2.05, 4.69) is 9.57 Å². The van der Waals surface area contributed by atoms with Gasteiger partial charge < -0.3 is 25.2 Å². The second-order valence-electron chi connectivity index (χ2n) is 2.82. The Labute approximate surface area is 102 Å². The lowest BCUT2D eigenvalue weighted by atomic mass is 10.4. The first-order valence-electron chi connectivity index (χ1n) is 4.69. The van der Waals surface area contributed by atoms with Crippen molar-refractivity contribution in [1.82, 2.24) is 0 Å². The molecule has 0 amide bonds. The standard InChI is InChI=1S/C6H11N3O5.C2H4O2/c7-5(8)4-6(10)13-2-1-3-14-9(11)12;1-2(3)4/h1-4H2,(H3,7,8);1H3,(H,3,4)/p-1. The Bertz CT molecular complexity index is 301. The summed E-state index contributed by atoms with van der Waals surface area (Å²) in [6.45, 7) is 0.861. The van der Waals surface area contributed by atoms with Crippen LogP contribution in [0.4, 0.5) is 0 Å². The summed E-state index contributed by atoms with van der Waals surface area (Å²) in [4.78, 5) is 33.3. The van der Waals surface area contributed by atoms with Gasteiger partial charge in [0.15, 0.2) is 0 Å². The van der Waals surface area contributed by atoms with Crippen molar-refractivity contribution >= 4 is 17.8 Å². The molecule has 0 rings (SSSR count). The maximum atomic E-state index is 10.7. The van der Waals surface area contributed by atoms with Gasteiger partial charge in [-0.3, -0.25) is 10.2 Å². The highest BCUT2D eigenvalue weighted by molar-refractivity contribution is 5.94. The molecule has 0 aromatic heterocycles. The van der Waals surface area contributed by atoms with E-state index in [9.17, 15) is 14.9 Å². The quantitative estimate of drug-likeness (QED) is 0.135. The monoisotopic (exact) mass is 264 g/mol. The lowest BCUT2D eigenvalue weighted by molar-refractivity contribution is -0.757. The maximum Gasteiger partial charge on any atom is 0.313 e. The Morgan fingerprint density at radius 1 is 1.39 bits per heavy atom. The molecule has 3 N–H and O–H groups in total. The van der Waals surface area contributed by atoms with Gasteiger partial charge in [0, 0.05) is 12.4 Å². The van der Waals surface area contributed by atoms with Crippen LogP contribution in [0.3, 0.4) is 0 Å². The van der Waals surface area contributed by atoms with Crippen LogP contribution < -0.4 is 10.8 Å². The van der Waals surface area contributed by atoms with E-state index in [1.807, 2.05) is 0 Å². The van der Waals surface area contributed by atoms with E-state index in [4.69, 9.17) is 21.0 Å². The molecule has 0 spiro atoms. The minimum Gasteiger partial charge on any atom is -0.550 e. The van der Waals surface area contributed by atoms with Crippen LogP contribution in [-0.4, -0.2) is 36.1 Å². The molecular formula is C8H14N3O7-. The number of nitrogens with zero attached hydrogens (tertiary/aromatic N) is 1. The normalized spacial score (nSPS) is 8.50. The van der Waals surface area contributed by atoms with Crippen molar-refractivity contribution < 1.29 is 29.4 Å². The van der Waals surface area contributed by atoms with Gasteiger partial charge in [-0.05, 0) is 6.92 Å². The summed E-state index contributed by atoms with van der Waals surface area (Å²) in [6.07, 6.45) is -0.0410. The fourth-order valence-corrected chi connectivity index (χ4v) is 0.591. The summed E-state index contributed by atoms with van der Waals surface area (Å²) in [5.74, 6) is -1.99. The average molecular weight is 264 g/mol. The van der Waals surface area contributed by atoms with E-state index in [0.29, 0.717) is 0 Å². The van der Waals surface area contributed by atoms with Crippen LogP contribution in [-0.2, 0) is 19.2 Å². The molecule has 0 atom stereocenters. The number of rotatable bonds is 7. The molecule has 0 aliphatic heterocycles. The third-order valence-electron chi connectivity index (χ3n) is 1.08. The van der Waals surface area contributed by atoms with Crippen molar-refractivity contribution in [2.45, 2.75) is 19.8 Å².